The Bertz CT molecular complexity index is 879. The number of ether oxygens (including phenoxy) is 2. The SMILES string of the molecule is CN(CCOc1ccc(CC2SC(=O)NC2=O)cc1)C(=O)OCCc1ccccc1.[Na]. The van der Waals surface area contributed by atoms with Gasteiger partial charge in [0, 0.05) is 43.0 Å². The van der Waals surface area contributed by atoms with Crippen molar-refractivity contribution in [3.8, 4) is 5.75 Å². The summed E-state index contributed by atoms with van der Waals surface area (Å²) < 4.78 is 11.0. The molecule has 0 aliphatic carbocycles. The first kappa shape index (κ1) is 25.3. The standard InChI is InChI=1S/C22H24N2O5S.Na/c1-24(22(27)29-13-11-16-5-3-2-4-6-16)12-14-28-18-9-7-17(8-10-18)15-19-20(25)23-21(26)30-19;/h2-10,19H,11-15H2,1H3,(H,23,25,26);. The van der Waals surface area contributed by atoms with Gasteiger partial charge in [0.15, 0.2) is 0 Å². The van der Waals surface area contributed by atoms with E-state index in [0.29, 0.717) is 38.3 Å². The number of benzene rings is 2. The van der Waals surface area contributed by atoms with Crippen LogP contribution in [0.5, 0.6) is 5.75 Å². The Morgan fingerprint density at radius 1 is 1.03 bits per heavy atom. The molecule has 1 atom stereocenters. The molecule has 1 saturated heterocycles. The molecule has 1 unspecified atom stereocenters. The molecule has 3 rings (SSSR count). The molecule has 3 amide bonds. The molecule has 1 fully saturated rings. The fourth-order valence-corrected chi connectivity index (χ4v) is 3.73. The van der Waals surface area contributed by atoms with Crippen LogP contribution in [0.4, 0.5) is 9.59 Å². The second-order valence-corrected chi connectivity index (χ2v) is 8.03. The summed E-state index contributed by atoms with van der Waals surface area (Å²) in [7, 11) is 1.67. The summed E-state index contributed by atoms with van der Waals surface area (Å²) in [5, 5.41) is 1.60. The van der Waals surface area contributed by atoms with Crippen LogP contribution in [0, 0.1) is 0 Å². The largest absolute Gasteiger partial charge is 0.492 e. The number of hydrogen-bond donors (Lipinski definition) is 1. The molecule has 31 heavy (non-hydrogen) atoms. The van der Waals surface area contributed by atoms with Crippen LogP contribution in [-0.2, 0) is 22.4 Å². The molecule has 2 aromatic rings. The summed E-state index contributed by atoms with van der Waals surface area (Å²) in [6.45, 7) is 1.06. The summed E-state index contributed by atoms with van der Waals surface area (Å²) in [6.07, 6.45) is 0.783. The van der Waals surface area contributed by atoms with Gasteiger partial charge >= 0.3 is 6.09 Å². The van der Waals surface area contributed by atoms with Crippen molar-refractivity contribution in [3.63, 3.8) is 0 Å². The van der Waals surface area contributed by atoms with Crippen molar-refractivity contribution in [3.05, 3.63) is 65.7 Å². The number of nitrogens with zero attached hydrogens (tertiary/aromatic N) is 1. The van der Waals surface area contributed by atoms with Gasteiger partial charge in [-0.2, -0.15) is 0 Å². The van der Waals surface area contributed by atoms with Gasteiger partial charge in [0.05, 0.1) is 18.4 Å². The number of amides is 3. The number of imide groups is 1. The molecule has 0 spiro atoms. The van der Waals surface area contributed by atoms with E-state index in [9.17, 15) is 14.4 Å². The summed E-state index contributed by atoms with van der Waals surface area (Å²) in [6, 6.07) is 17.2. The molecular weight excluding hydrogens is 427 g/mol. The summed E-state index contributed by atoms with van der Waals surface area (Å²) in [4.78, 5) is 36.4. The number of carbonyl (C=O) groups is 3. The predicted molar refractivity (Wildman–Crippen MR) is 120 cm³/mol. The van der Waals surface area contributed by atoms with E-state index in [2.05, 4.69) is 5.32 Å². The van der Waals surface area contributed by atoms with E-state index in [1.165, 1.54) is 4.90 Å². The monoisotopic (exact) mass is 451 g/mol. The minimum absolute atomic E-state index is 0. The Morgan fingerprint density at radius 2 is 1.74 bits per heavy atom. The maximum absolute atomic E-state index is 12.0. The van der Waals surface area contributed by atoms with E-state index in [1.54, 1.807) is 7.05 Å². The van der Waals surface area contributed by atoms with Crippen molar-refractivity contribution in [2.45, 2.75) is 18.1 Å². The van der Waals surface area contributed by atoms with Crippen molar-refractivity contribution < 1.29 is 23.9 Å². The molecule has 1 radical (unpaired) electrons. The third-order valence-corrected chi connectivity index (χ3v) is 5.56. The smallest absolute Gasteiger partial charge is 0.409 e. The molecule has 0 bridgehead atoms. The van der Waals surface area contributed by atoms with Crippen LogP contribution < -0.4 is 10.1 Å². The molecular formula is C22H24N2NaO5S. The number of hydrogen-bond acceptors (Lipinski definition) is 6. The zero-order valence-electron chi connectivity index (χ0n) is 17.7. The van der Waals surface area contributed by atoms with Gasteiger partial charge in [0.2, 0.25) is 5.91 Å². The van der Waals surface area contributed by atoms with E-state index in [-0.39, 0.29) is 52.0 Å². The Hall–Kier alpha value is -2.00. The van der Waals surface area contributed by atoms with Crippen LogP contribution in [0.25, 0.3) is 0 Å². The van der Waals surface area contributed by atoms with E-state index in [1.807, 2.05) is 54.6 Å². The minimum atomic E-state index is -0.383. The van der Waals surface area contributed by atoms with Crippen LogP contribution in [0.2, 0.25) is 0 Å². The quantitative estimate of drug-likeness (QED) is 0.590. The van der Waals surface area contributed by atoms with Crippen molar-refractivity contribution >= 4 is 58.6 Å². The summed E-state index contributed by atoms with van der Waals surface area (Å²) in [5.74, 6) is 0.424. The van der Waals surface area contributed by atoms with E-state index < -0.39 is 0 Å². The van der Waals surface area contributed by atoms with Gasteiger partial charge in [0.1, 0.15) is 12.4 Å². The van der Waals surface area contributed by atoms with Crippen LogP contribution >= 0.6 is 11.8 Å². The molecule has 9 heteroatoms. The third kappa shape index (κ3) is 8.22. The molecule has 1 aliphatic heterocycles. The average molecular weight is 452 g/mol. The number of nitrogens with one attached hydrogen (secondary N) is 1. The second-order valence-electron chi connectivity index (χ2n) is 6.85. The summed E-state index contributed by atoms with van der Waals surface area (Å²) >= 11 is 1.02. The van der Waals surface area contributed by atoms with Crippen molar-refractivity contribution in [1.82, 2.24) is 10.2 Å². The van der Waals surface area contributed by atoms with Gasteiger partial charge in [-0.1, -0.05) is 54.2 Å². The topological polar surface area (TPSA) is 84.9 Å². The Kier molecular flexibility index (Phi) is 10.4. The Labute approximate surface area is 208 Å². The van der Waals surface area contributed by atoms with Crippen molar-refractivity contribution in [1.29, 1.82) is 0 Å². The molecule has 159 valence electrons. The maximum Gasteiger partial charge on any atom is 0.409 e. The molecule has 1 N–H and O–H groups in total. The number of likely N-dealkylation sites (N-methyl/N-ethyl adjacent to an activating group) is 1. The fourth-order valence-electron chi connectivity index (χ4n) is 2.87. The van der Waals surface area contributed by atoms with Gasteiger partial charge in [-0.05, 0) is 29.7 Å². The zero-order valence-corrected chi connectivity index (χ0v) is 20.5. The minimum Gasteiger partial charge on any atom is -0.492 e. The molecule has 7 nitrogen and oxygen atoms in total. The van der Waals surface area contributed by atoms with Gasteiger partial charge < -0.3 is 14.4 Å². The second kappa shape index (κ2) is 12.8. The number of rotatable bonds is 9. The van der Waals surface area contributed by atoms with Crippen LogP contribution in [0.3, 0.4) is 0 Å². The molecule has 0 aromatic heterocycles. The van der Waals surface area contributed by atoms with E-state index in [4.69, 9.17) is 9.47 Å². The van der Waals surface area contributed by atoms with Gasteiger partial charge in [-0.25, -0.2) is 4.79 Å². The zero-order chi connectivity index (χ0) is 21.3. The van der Waals surface area contributed by atoms with Crippen LogP contribution in [0.15, 0.2) is 54.6 Å². The van der Waals surface area contributed by atoms with Crippen LogP contribution in [-0.4, -0.2) is 83.8 Å². The average Bonchev–Trinajstić information content (AvgIpc) is 3.06. The Morgan fingerprint density at radius 3 is 2.39 bits per heavy atom. The number of carbonyl (C=O) groups excluding carboxylic acids is 3. The first-order valence-electron chi connectivity index (χ1n) is 9.66. The summed E-state index contributed by atoms with van der Waals surface area (Å²) in [5.41, 5.74) is 2.07. The maximum atomic E-state index is 12.0. The fraction of sp³-hybridized carbons (Fsp3) is 0.318. The number of thioether (sulfide) groups is 1. The van der Waals surface area contributed by atoms with E-state index >= 15 is 0 Å². The Balaban J connectivity index is 0.00000341. The first-order valence-corrected chi connectivity index (χ1v) is 10.5. The van der Waals surface area contributed by atoms with Gasteiger partial charge in [-0.3, -0.25) is 14.9 Å². The molecule has 2 aromatic carbocycles. The predicted octanol–water partition coefficient (Wildman–Crippen LogP) is 2.89. The van der Waals surface area contributed by atoms with Crippen LogP contribution in [0.1, 0.15) is 11.1 Å². The van der Waals surface area contributed by atoms with Crippen molar-refractivity contribution in [2.24, 2.45) is 0 Å². The molecule has 0 saturated carbocycles. The normalized spacial score (nSPS) is 15.1. The molecule has 1 aliphatic rings. The van der Waals surface area contributed by atoms with E-state index in [0.717, 1.165) is 22.9 Å². The van der Waals surface area contributed by atoms with Crippen molar-refractivity contribution in [2.75, 3.05) is 26.8 Å². The first-order chi connectivity index (χ1) is 14.5. The molecule has 1 heterocycles. The van der Waals surface area contributed by atoms with Gasteiger partial charge in [0.25, 0.3) is 5.24 Å². The van der Waals surface area contributed by atoms with Gasteiger partial charge in [-0.15, -0.1) is 0 Å². The third-order valence-electron chi connectivity index (χ3n) is 4.58.